The van der Waals surface area contributed by atoms with Crippen LogP contribution in [0.3, 0.4) is 0 Å². The van der Waals surface area contributed by atoms with Gasteiger partial charge in [0, 0.05) is 5.92 Å². The average molecular weight is 240 g/mol. The van der Waals surface area contributed by atoms with Crippen molar-refractivity contribution in [3.63, 3.8) is 0 Å². The third-order valence-corrected chi connectivity index (χ3v) is 3.63. The van der Waals surface area contributed by atoms with Gasteiger partial charge in [0.25, 0.3) is 0 Å². The standard InChI is InChI=1S/C14H24O3/c1-4-17-13(16)14(2,3)12(15)11-9-7-5-6-8-10-11/h11H,4-10H2,1-3H3. The molecule has 1 saturated carbocycles. The fourth-order valence-electron chi connectivity index (χ4n) is 2.46. The minimum Gasteiger partial charge on any atom is -0.465 e. The van der Waals surface area contributed by atoms with Gasteiger partial charge in [-0.3, -0.25) is 9.59 Å². The van der Waals surface area contributed by atoms with Gasteiger partial charge in [0.15, 0.2) is 5.78 Å². The lowest BCUT2D eigenvalue weighted by Gasteiger charge is -2.25. The molecule has 1 rings (SSSR count). The maximum Gasteiger partial charge on any atom is 0.319 e. The van der Waals surface area contributed by atoms with Crippen molar-refractivity contribution in [3.05, 3.63) is 0 Å². The molecule has 1 fully saturated rings. The van der Waals surface area contributed by atoms with Gasteiger partial charge in [0.1, 0.15) is 5.41 Å². The van der Waals surface area contributed by atoms with E-state index in [0.717, 1.165) is 25.7 Å². The van der Waals surface area contributed by atoms with Crippen molar-refractivity contribution in [1.82, 2.24) is 0 Å². The average Bonchev–Trinajstić information content (AvgIpc) is 2.56. The summed E-state index contributed by atoms with van der Waals surface area (Å²) in [6.07, 6.45) is 6.50. The molecule has 0 unspecified atom stereocenters. The van der Waals surface area contributed by atoms with Crippen LogP contribution in [0.25, 0.3) is 0 Å². The number of hydrogen-bond acceptors (Lipinski definition) is 3. The summed E-state index contributed by atoms with van der Waals surface area (Å²) in [4.78, 5) is 24.2. The second kappa shape index (κ2) is 6.18. The molecular formula is C14H24O3. The summed E-state index contributed by atoms with van der Waals surface area (Å²) in [5.74, 6) is -0.260. The molecule has 1 aliphatic rings. The number of ether oxygens (including phenoxy) is 1. The number of ketones is 1. The molecule has 98 valence electrons. The smallest absolute Gasteiger partial charge is 0.319 e. The van der Waals surface area contributed by atoms with E-state index in [1.54, 1.807) is 20.8 Å². The normalized spacial score (nSPS) is 18.5. The van der Waals surface area contributed by atoms with E-state index in [2.05, 4.69) is 0 Å². The Morgan fingerprint density at radius 1 is 1.12 bits per heavy atom. The van der Waals surface area contributed by atoms with Gasteiger partial charge < -0.3 is 4.74 Å². The third kappa shape index (κ3) is 3.55. The van der Waals surface area contributed by atoms with Crippen molar-refractivity contribution in [2.24, 2.45) is 11.3 Å². The van der Waals surface area contributed by atoms with Crippen LogP contribution in [0, 0.1) is 11.3 Å². The Balaban J connectivity index is 2.68. The highest BCUT2D eigenvalue weighted by Gasteiger charge is 2.40. The highest BCUT2D eigenvalue weighted by molar-refractivity contribution is 6.04. The van der Waals surface area contributed by atoms with E-state index in [1.165, 1.54) is 12.8 Å². The van der Waals surface area contributed by atoms with Gasteiger partial charge in [-0.15, -0.1) is 0 Å². The van der Waals surface area contributed by atoms with E-state index in [1.807, 2.05) is 0 Å². The van der Waals surface area contributed by atoms with E-state index in [-0.39, 0.29) is 17.7 Å². The van der Waals surface area contributed by atoms with Crippen molar-refractivity contribution in [2.75, 3.05) is 6.61 Å². The summed E-state index contributed by atoms with van der Waals surface area (Å²) in [7, 11) is 0. The van der Waals surface area contributed by atoms with Gasteiger partial charge in [-0.2, -0.15) is 0 Å². The fraction of sp³-hybridized carbons (Fsp3) is 0.857. The van der Waals surface area contributed by atoms with Crippen LogP contribution < -0.4 is 0 Å². The topological polar surface area (TPSA) is 43.4 Å². The second-order valence-corrected chi connectivity index (χ2v) is 5.40. The first-order valence-corrected chi connectivity index (χ1v) is 6.71. The van der Waals surface area contributed by atoms with Crippen molar-refractivity contribution in [1.29, 1.82) is 0 Å². The molecule has 0 aromatic rings. The molecule has 0 aromatic heterocycles. The number of esters is 1. The highest BCUT2D eigenvalue weighted by atomic mass is 16.5. The van der Waals surface area contributed by atoms with Crippen molar-refractivity contribution < 1.29 is 14.3 Å². The zero-order valence-electron chi connectivity index (χ0n) is 11.3. The largest absolute Gasteiger partial charge is 0.465 e. The maximum atomic E-state index is 12.4. The molecule has 0 radical (unpaired) electrons. The number of hydrogen-bond donors (Lipinski definition) is 0. The second-order valence-electron chi connectivity index (χ2n) is 5.40. The van der Waals surface area contributed by atoms with Crippen LogP contribution in [-0.4, -0.2) is 18.4 Å². The Morgan fingerprint density at radius 2 is 1.65 bits per heavy atom. The first kappa shape index (κ1) is 14.2. The summed E-state index contributed by atoms with van der Waals surface area (Å²) in [6.45, 7) is 5.49. The Hall–Kier alpha value is -0.860. The number of Topliss-reactive ketones (excluding diaryl/α,β-unsaturated/α-hetero) is 1. The van der Waals surface area contributed by atoms with Crippen LogP contribution >= 0.6 is 0 Å². The molecule has 0 atom stereocenters. The van der Waals surface area contributed by atoms with Gasteiger partial charge in [0.2, 0.25) is 0 Å². The summed E-state index contributed by atoms with van der Waals surface area (Å²) >= 11 is 0. The van der Waals surface area contributed by atoms with Crippen molar-refractivity contribution in [2.45, 2.75) is 59.3 Å². The molecule has 0 aromatic carbocycles. The Labute approximate surface area is 104 Å². The number of carbonyl (C=O) groups excluding carboxylic acids is 2. The zero-order chi connectivity index (χ0) is 12.9. The van der Waals surface area contributed by atoms with E-state index >= 15 is 0 Å². The van der Waals surface area contributed by atoms with Crippen LogP contribution in [0.4, 0.5) is 0 Å². The summed E-state index contributed by atoms with van der Waals surface area (Å²) in [5, 5.41) is 0. The molecule has 0 N–H and O–H groups in total. The minimum absolute atomic E-state index is 0.0527. The lowest BCUT2D eigenvalue weighted by atomic mass is 9.78. The lowest BCUT2D eigenvalue weighted by molar-refractivity contribution is -0.159. The van der Waals surface area contributed by atoms with Gasteiger partial charge in [0.05, 0.1) is 6.61 Å². The summed E-state index contributed by atoms with van der Waals surface area (Å²) < 4.78 is 4.99. The van der Waals surface area contributed by atoms with E-state index < -0.39 is 5.41 Å². The lowest BCUT2D eigenvalue weighted by Crippen LogP contribution is -2.39. The quantitative estimate of drug-likeness (QED) is 0.431. The maximum absolute atomic E-state index is 12.4. The van der Waals surface area contributed by atoms with Crippen molar-refractivity contribution in [3.8, 4) is 0 Å². The van der Waals surface area contributed by atoms with Gasteiger partial charge in [-0.05, 0) is 33.6 Å². The van der Waals surface area contributed by atoms with Crippen LogP contribution in [0.15, 0.2) is 0 Å². The number of rotatable bonds is 4. The Bertz CT molecular complexity index is 273. The molecule has 0 amide bonds. The Kier molecular flexibility index (Phi) is 5.16. The molecule has 0 spiro atoms. The minimum atomic E-state index is -0.981. The number of carbonyl (C=O) groups is 2. The molecule has 3 heteroatoms. The first-order chi connectivity index (χ1) is 8.00. The van der Waals surface area contributed by atoms with Crippen LogP contribution in [0.2, 0.25) is 0 Å². The predicted molar refractivity (Wildman–Crippen MR) is 66.6 cm³/mol. The zero-order valence-corrected chi connectivity index (χ0v) is 11.3. The molecule has 17 heavy (non-hydrogen) atoms. The van der Waals surface area contributed by atoms with E-state index in [9.17, 15) is 9.59 Å². The predicted octanol–water partition coefficient (Wildman–Crippen LogP) is 3.12. The molecule has 0 saturated heterocycles. The summed E-state index contributed by atoms with van der Waals surface area (Å²) in [5.41, 5.74) is -0.981. The molecule has 1 aliphatic carbocycles. The van der Waals surface area contributed by atoms with Gasteiger partial charge in [-0.25, -0.2) is 0 Å². The van der Waals surface area contributed by atoms with Crippen LogP contribution in [0.1, 0.15) is 59.3 Å². The molecule has 3 nitrogen and oxygen atoms in total. The molecule has 0 aliphatic heterocycles. The van der Waals surface area contributed by atoms with E-state index in [4.69, 9.17) is 4.74 Å². The first-order valence-electron chi connectivity index (χ1n) is 6.71. The summed E-state index contributed by atoms with van der Waals surface area (Å²) in [6, 6.07) is 0. The van der Waals surface area contributed by atoms with Crippen molar-refractivity contribution >= 4 is 11.8 Å². The van der Waals surface area contributed by atoms with Crippen LogP contribution in [0.5, 0.6) is 0 Å². The monoisotopic (exact) mass is 240 g/mol. The Morgan fingerprint density at radius 3 is 2.12 bits per heavy atom. The SMILES string of the molecule is CCOC(=O)C(C)(C)C(=O)C1CCCCCC1. The molecule has 0 bridgehead atoms. The highest BCUT2D eigenvalue weighted by Crippen LogP contribution is 2.31. The molecular weight excluding hydrogens is 216 g/mol. The van der Waals surface area contributed by atoms with Gasteiger partial charge >= 0.3 is 5.97 Å². The van der Waals surface area contributed by atoms with E-state index in [0.29, 0.717) is 6.61 Å². The van der Waals surface area contributed by atoms with Crippen LogP contribution in [-0.2, 0) is 14.3 Å². The van der Waals surface area contributed by atoms with Gasteiger partial charge in [-0.1, -0.05) is 25.7 Å². The molecule has 0 heterocycles. The fourth-order valence-corrected chi connectivity index (χ4v) is 2.46. The third-order valence-electron chi connectivity index (χ3n) is 3.63.